The molecule has 1 aliphatic rings. The van der Waals surface area contributed by atoms with Gasteiger partial charge in [-0.25, -0.2) is 8.42 Å². The zero-order chi connectivity index (χ0) is 14.0. The van der Waals surface area contributed by atoms with Crippen molar-refractivity contribution in [1.82, 2.24) is 4.31 Å². The van der Waals surface area contributed by atoms with Crippen LogP contribution in [-0.2, 0) is 15.9 Å². The molecule has 19 heavy (non-hydrogen) atoms. The number of halogens is 1. The fourth-order valence-corrected chi connectivity index (χ4v) is 4.60. The Hall–Kier alpha value is -0.520. The van der Waals surface area contributed by atoms with Crippen molar-refractivity contribution in [1.29, 1.82) is 0 Å². The average Bonchev–Trinajstić information content (AvgIpc) is 2.61. The van der Waals surface area contributed by atoms with Gasteiger partial charge in [-0.1, -0.05) is 12.8 Å². The topological polar surface area (TPSA) is 50.5 Å². The lowest BCUT2D eigenvalue weighted by Gasteiger charge is -2.25. The highest BCUT2D eigenvalue weighted by Gasteiger charge is 2.32. The third-order valence-electron chi connectivity index (χ3n) is 3.63. The molecular weight excluding hydrogens is 286 g/mol. The monoisotopic (exact) mass is 305 g/mol. The summed E-state index contributed by atoms with van der Waals surface area (Å²) in [5, 5.41) is 0. The molecule has 1 fully saturated rings. The fourth-order valence-electron chi connectivity index (χ4n) is 2.58. The van der Waals surface area contributed by atoms with Crippen LogP contribution < -0.4 is 0 Å². The number of hydrogen-bond acceptors (Lipinski definition) is 3. The number of alkyl halides is 1. The highest BCUT2D eigenvalue weighted by atomic mass is 35.5. The minimum atomic E-state index is -3.47. The van der Waals surface area contributed by atoms with Crippen LogP contribution >= 0.6 is 11.6 Å². The predicted octanol–water partition coefficient (Wildman–Crippen LogP) is 3.28. The normalized spacial score (nSPS) is 22.4. The summed E-state index contributed by atoms with van der Waals surface area (Å²) in [6.07, 6.45) is 4.01. The Balaban J connectivity index is 2.37. The van der Waals surface area contributed by atoms with Crippen molar-refractivity contribution >= 4 is 21.6 Å². The van der Waals surface area contributed by atoms with Gasteiger partial charge in [0.1, 0.15) is 16.4 Å². The quantitative estimate of drug-likeness (QED) is 0.805. The summed E-state index contributed by atoms with van der Waals surface area (Å²) in [5.41, 5.74) is 0. The van der Waals surface area contributed by atoms with E-state index in [1.165, 1.54) is 0 Å². The van der Waals surface area contributed by atoms with Gasteiger partial charge in [-0.2, -0.15) is 4.31 Å². The highest BCUT2D eigenvalue weighted by Crippen LogP contribution is 2.28. The van der Waals surface area contributed by atoms with E-state index in [1.807, 2.05) is 6.92 Å². The molecule has 0 aliphatic carbocycles. The Morgan fingerprint density at radius 1 is 1.42 bits per heavy atom. The van der Waals surface area contributed by atoms with Crippen LogP contribution in [0.25, 0.3) is 0 Å². The molecule has 0 N–H and O–H groups in total. The molecule has 4 nitrogen and oxygen atoms in total. The maximum Gasteiger partial charge on any atom is 0.246 e. The maximum absolute atomic E-state index is 12.7. The molecule has 1 aromatic rings. The fraction of sp³-hybridized carbons (Fsp3) is 0.692. The zero-order valence-electron chi connectivity index (χ0n) is 11.4. The molecule has 1 aliphatic heterocycles. The number of hydrogen-bond donors (Lipinski definition) is 0. The van der Waals surface area contributed by atoms with E-state index in [0.29, 0.717) is 18.1 Å². The van der Waals surface area contributed by atoms with E-state index in [2.05, 4.69) is 0 Å². The number of sulfonamides is 1. The third kappa shape index (κ3) is 2.98. The van der Waals surface area contributed by atoms with Crippen LogP contribution in [0.5, 0.6) is 0 Å². The minimum absolute atomic E-state index is 0.0428. The van der Waals surface area contributed by atoms with E-state index in [4.69, 9.17) is 16.0 Å². The highest BCUT2D eigenvalue weighted by molar-refractivity contribution is 7.89. The summed E-state index contributed by atoms with van der Waals surface area (Å²) in [4.78, 5) is 0.261. The Morgan fingerprint density at radius 2 is 2.16 bits per heavy atom. The van der Waals surface area contributed by atoms with Gasteiger partial charge >= 0.3 is 0 Å². The van der Waals surface area contributed by atoms with E-state index in [0.717, 1.165) is 25.7 Å². The number of nitrogens with zero attached hydrogens (tertiary/aromatic N) is 1. The van der Waals surface area contributed by atoms with Gasteiger partial charge in [0.2, 0.25) is 10.0 Å². The van der Waals surface area contributed by atoms with Crippen molar-refractivity contribution < 1.29 is 12.8 Å². The summed E-state index contributed by atoms with van der Waals surface area (Å²) in [5.74, 6) is 1.11. The lowest BCUT2D eigenvalue weighted by Crippen LogP contribution is -2.38. The Labute approximate surface area is 119 Å². The molecule has 0 aromatic carbocycles. The summed E-state index contributed by atoms with van der Waals surface area (Å²) in [6, 6.07) is 1.59. The van der Waals surface area contributed by atoms with Crippen molar-refractivity contribution in [3.8, 4) is 0 Å². The molecule has 108 valence electrons. The molecule has 1 atom stereocenters. The first-order chi connectivity index (χ1) is 8.96. The summed E-state index contributed by atoms with van der Waals surface area (Å²) >= 11 is 5.70. The van der Waals surface area contributed by atoms with Gasteiger partial charge in [-0.15, -0.1) is 11.6 Å². The van der Waals surface area contributed by atoms with E-state index < -0.39 is 10.0 Å². The standard InChI is InChI=1S/C13H20ClNO3S/c1-10-6-4-3-5-7-15(10)19(16,17)13-8-12(9-14)18-11(13)2/h8,10H,3-7,9H2,1-2H3. The molecule has 2 rings (SSSR count). The van der Waals surface area contributed by atoms with E-state index in [1.54, 1.807) is 17.3 Å². The van der Waals surface area contributed by atoms with Gasteiger partial charge in [-0.05, 0) is 26.7 Å². The largest absolute Gasteiger partial charge is 0.464 e. The van der Waals surface area contributed by atoms with Crippen LogP contribution in [-0.4, -0.2) is 25.3 Å². The Bertz CT molecular complexity index is 538. The first-order valence-corrected chi connectivity index (χ1v) is 8.61. The molecular formula is C13H20ClNO3S. The molecule has 0 bridgehead atoms. The van der Waals surface area contributed by atoms with Gasteiger partial charge in [0.15, 0.2) is 0 Å². The van der Waals surface area contributed by atoms with Crippen LogP contribution in [0, 0.1) is 6.92 Å². The summed E-state index contributed by atoms with van der Waals surface area (Å²) in [7, 11) is -3.47. The lowest BCUT2D eigenvalue weighted by molar-refractivity contribution is 0.341. The molecule has 0 amide bonds. The van der Waals surface area contributed by atoms with Crippen LogP contribution in [0.3, 0.4) is 0 Å². The zero-order valence-corrected chi connectivity index (χ0v) is 12.9. The van der Waals surface area contributed by atoms with Crippen LogP contribution in [0.1, 0.15) is 44.1 Å². The molecule has 1 aromatic heterocycles. The molecule has 1 unspecified atom stereocenters. The van der Waals surface area contributed by atoms with Crippen LogP contribution in [0.2, 0.25) is 0 Å². The van der Waals surface area contributed by atoms with Crippen LogP contribution in [0.4, 0.5) is 0 Å². The first kappa shape index (κ1) is 14.9. The van der Waals surface area contributed by atoms with Gasteiger partial charge in [0.05, 0.1) is 5.88 Å². The summed E-state index contributed by atoms with van der Waals surface area (Å²) in [6.45, 7) is 4.23. The average molecular weight is 306 g/mol. The second-order valence-electron chi connectivity index (χ2n) is 5.08. The number of furan rings is 1. The van der Waals surface area contributed by atoms with Crippen molar-refractivity contribution in [3.05, 3.63) is 17.6 Å². The Morgan fingerprint density at radius 3 is 2.79 bits per heavy atom. The molecule has 1 saturated heterocycles. The van der Waals surface area contributed by atoms with Gasteiger partial charge in [0, 0.05) is 18.7 Å². The SMILES string of the molecule is Cc1oc(CCl)cc1S(=O)(=O)N1CCCCCC1C. The molecule has 6 heteroatoms. The molecule has 0 radical (unpaired) electrons. The van der Waals surface area contributed by atoms with Crippen molar-refractivity contribution in [2.75, 3.05) is 6.54 Å². The maximum atomic E-state index is 12.7. The van der Waals surface area contributed by atoms with Gasteiger partial charge in [-0.3, -0.25) is 0 Å². The van der Waals surface area contributed by atoms with Crippen molar-refractivity contribution in [3.63, 3.8) is 0 Å². The van der Waals surface area contributed by atoms with Crippen molar-refractivity contribution in [2.24, 2.45) is 0 Å². The number of rotatable bonds is 3. The first-order valence-electron chi connectivity index (χ1n) is 6.64. The molecule has 0 spiro atoms. The second kappa shape index (κ2) is 5.85. The van der Waals surface area contributed by atoms with Gasteiger partial charge < -0.3 is 4.42 Å². The molecule has 0 saturated carbocycles. The van der Waals surface area contributed by atoms with E-state index in [9.17, 15) is 8.42 Å². The molecule has 2 heterocycles. The van der Waals surface area contributed by atoms with E-state index in [-0.39, 0.29) is 16.8 Å². The Kier molecular flexibility index (Phi) is 4.58. The smallest absolute Gasteiger partial charge is 0.246 e. The lowest BCUT2D eigenvalue weighted by atomic mass is 10.1. The van der Waals surface area contributed by atoms with Gasteiger partial charge in [0.25, 0.3) is 0 Å². The van der Waals surface area contributed by atoms with E-state index >= 15 is 0 Å². The minimum Gasteiger partial charge on any atom is -0.464 e. The van der Waals surface area contributed by atoms with Crippen molar-refractivity contribution in [2.45, 2.75) is 56.3 Å². The van der Waals surface area contributed by atoms with Crippen LogP contribution in [0.15, 0.2) is 15.4 Å². The predicted molar refractivity (Wildman–Crippen MR) is 74.8 cm³/mol. The summed E-state index contributed by atoms with van der Waals surface area (Å²) < 4.78 is 32.4. The second-order valence-corrected chi connectivity index (χ2v) is 7.21. The number of aryl methyl sites for hydroxylation is 1. The third-order valence-corrected chi connectivity index (χ3v) is 6.02.